The zero-order valence-corrected chi connectivity index (χ0v) is 36.9. The molecule has 1 saturated heterocycles. The molecule has 4 aromatic rings. The van der Waals surface area contributed by atoms with E-state index in [1.165, 1.54) is 6.08 Å². The summed E-state index contributed by atoms with van der Waals surface area (Å²) in [5.41, 5.74) is 5.06. The number of nitrogens with one attached hydrogen (secondary N) is 3. The van der Waals surface area contributed by atoms with Crippen LogP contribution in [0.1, 0.15) is 81.7 Å². The van der Waals surface area contributed by atoms with Gasteiger partial charge < -0.3 is 29.6 Å². The van der Waals surface area contributed by atoms with Gasteiger partial charge in [-0.2, -0.15) is 0 Å². The molecule has 0 unspecified atom stereocenters. The summed E-state index contributed by atoms with van der Waals surface area (Å²) in [7, 11) is 0. The molecular weight excluding hydrogens is 822 g/mol. The molecule has 0 spiro atoms. The Balaban J connectivity index is 1.04. The van der Waals surface area contributed by atoms with E-state index in [4.69, 9.17) is 30.5 Å². The average Bonchev–Trinajstić information content (AvgIpc) is 4.00. The van der Waals surface area contributed by atoms with E-state index in [0.29, 0.717) is 11.3 Å². The second-order valence-corrected chi connectivity index (χ2v) is 18.0. The van der Waals surface area contributed by atoms with Gasteiger partial charge >= 0.3 is 18.0 Å². The number of ether oxygens (including phenoxy) is 4. The third kappa shape index (κ3) is 11.0. The van der Waals surface area contributed by atoms with Crippen LogP contribution in [0.5, 0.6) is 0 Å². The number of amides is 3. The molecule has 12 nitrogen and oxygen atoms in total. The van der Waals surface area contributed by atoms with Gasteiger partial charge in [0.05, 0.1) is 22.2 Å². The Hall–Kier alpha value is -5.98. The van der Waals surface area contributed by atoms with Gasteiger partial charge in [-0.3, -0.25) is 19.7 Å². The summed E-state index contributed by atoms with van der Waals surface area (Å²) in [5.74, 6) is -2.90. The number of epoxide rings is 1. The molecule has 6 atom stereocenters. The molecule has 3 aliphatic rings. The second-order valence-electron chi connectivity index (χ2n) is 17.6. The van der Waals surface area contributed by atoms with Gasteiger partial charge in [0.2, 0.25) is 11.8 Å². The van der Waals surface area contributed by atoms with E-state index >= 15 is 0 Å². The van der Waals surface area contributed by atoms with Crippen LogP contribution in [-0.4, -0.2) is 67.4 Å². The Kier molecular flexibility index (Phi) is 14.0. The van der Waals surface area contributed by atoms with E-state index in [9.17, 15) is 24.0 Å². The fourth-order valence-corrected chi connectivity index (χ4v) is 8.41. The Bertz CT molecular complexity index is 2320. The van der Waals surface area contributed by atoms with Crippen LogP contribution in [0, 0.1) is 17.3 Å². The molecule has 1 fully saturated rings. The summed E-state index contributed by atoms with van der Waals surface area (Å²) >= 11 is 6.68. The number of anilines is 1. The summed E-state index contributed by atoms with van der Waals surface area (Å²) < 4.78 is 23.7. The van der Waals surface area contributed by atoms with Crippen molar-refractivity contribution in [1.82, 2.24) is 10.6 Å². The lowest BCUT2D eigenvalue weighted by Gasteiger charge is -2.29. The molecule has 2 aliphatic heterocycles. The maximum absolute atomic E-state index is 13.8. The fraction of sp³-hybridized carbons (Fsp3) is 0.380. The highest BCUT2D eigenvalue weighted by molar-refractivity contribution is 6.33. The summed E-state index contributed by atoms with van der Waals surface area (Å²) in [4.78, 5) is 67.7. The normalized spacial score (nSPS) is 23.6. The molecule has 7 rings (SSSR count). The van der Waals surface area contributed by atoms with Gasteiger partial charge in [0.25, 0.3) is 0 Å². The number of hydrogen-bond acceptors (Lipinski definition) is 9. The smallest absolute Gasteiger partial charge is 0.411 e. The lowest BCUT2D eigenvalue weighted by molar-refractivity contribution is -0.179. The SMILES string of the molecule is CC(C)C[C@@H]1OC(=O)C(C)(C)CNC(=O)[C@@H](Cc2ccc(NC(=O)OCC3c4ccccc4-c4ccccc43)c(Cl)c2)NC(=O)/C=C/C[C@@H]([C@H](C)[C@H]2O[C@@H]2c2ccccc2)OC1=O. The van der Waals surface area contributed by atoms with Gasteiger partial charge in [0.1, 0.15) is 24.9 Å². The van der Waals surface area contributed by atoms with Crippen LogP contribution in [0.25, 0.3) is 11.1 Å². The van der Waals surface area contributed by atoms with Crippen LogP contribution >= 0.6 is 11.6 Å². The Morgan fingerprint density at radius 3 is 2.22 bits per heavy atom. The van der Waals surface area contributed by atoms with E-state index in [2.05, 4.69) is 28.1 Å². The third-order valence-electron chi connectivity index (χ3n) is 11.8. The van der Waals surface area contributed by atoms with Crippen LogP contribution < -0.4 is 16.0 Å². The molecule has 330 valence electrons. The number of esters is 2. The molecule has 2 heterocycles. The van der Waals surface area contributed by atoms with Gasteiger partial charge in [-0.05, 0) is 77.8 Å². The molecule has 63 heavy (non-hydrogen) atoms. The molecule has 1 aliphatic carbocycles. The van der Waals surface area contributed by atoms with Crippen molar-refractivity contribution in [1.29, 1.82) is 0 Å². The van der Waals surface area contributed by atoms with Crippen molar-refractivity contribution in [3.8, 4) is 11.1 Å². The number of carbonyl (C=O) groups is 5. The lowest BCUT2D eigenvalue weighted by atomic mass is 9.92. The number of hydrogen-bond donors (Lipinski definition) is 3. The largest absolute Gasteiger partial charge is 0.459 e. The minimum absolute atomic E-state index is 0.00974. The quantitative estimate of drug-likeness (QED) is 0.0807. The number of benzene rings is 4. The van der Waals surface area contributed by atoms with Crippen LogP contribution in [-0.2, 0) is 44.5 Å². The first-order chi connectivity index (χ1) is 30.2. The van der Waals surface area contributed by atoms with Crippen molar-refractivity contribution < 1.29 is 42.9 Å². The van der Waals surface area contributed by atoms with Crippen molar-refractivity contribution in [2.24, 2.45) is 17.3 Å². The van der Waals surface area contributed by atoms with E-state index < -0.39 is 53.5 Å². The van der Waals surface area contributed by atoms with Crippen molar-refractivity contribution in [2.75, 3.05) is 18.5 Å². The maximum atomic E-state index is 13.8. The first-order valence-electron chi connectivity index (χ1n) is 21.5. The fourth-order valence-electron chi connectivity index (χ4n) is 8.16. The summed E-state index contributed by atoms with van der Waals surface area (Å²) in [6, 6.07) is 29.7. The standard InChI is InChI=1S/C50H54ClN3O9/c1-29(2)24-42-47(57)61-41(30(3)44-45(63-44)32-14-7-6-8-15-32)20-13-21-43(55)53-40(46(56)52-28-50(4,5)48(58)62-42)26-31-22-23-39(38(51)25-31)54-49(59)60-27-37-35-18-11-9-16-33(35)34-17-10-12-19-36(34)37/h6-19,21-23,25,29-30,37,40-42,44-45H,20,24,26-28H2,1-5H3,(H,52,56)(H,53,55)(H,54,59)/b21-13+/t30-,40+,41-,42-,44+,45+/m0/s1. The van der Waals surface area contributed by atoms with Crippen molar-refractivity contribution in [2.45, 2.75) is 90.3 Å². The Morgan fingerprint density at radius 2 is 1.56 bits per heavy atom. The molecule has 4 aromatic carbocycles. The number of rotatable bonds is 10. The molecule has 13 heteroatoms. The highest BCUT2D eigenvalue weighted by Crippen LogP contribution is 2.46. The monoisotopic (exact) mass is 875 g/mol. The van der Waals surface area contributed by atoms with Gasteiger partial charge in [0.15, 0.2) is 6.10 Å². The van der Waals surface area contributed by atoms with Gasteiger partial charge in [-0.1, -0.05) is 123 Å². The highest BCUT2D eigenvalue weighted by Gasteiger charge is 2.48. The lowest BCUT2D eigenvalue weighted by Crippen LogP contribution is -2.51. The highest BCUT2D eigenvalue weighted by atomic mass is 35.5. The Labute approximate surface area is 373 Å². The number of carbonyl (C=O) groups excluding carboxylic acids is 5. The van der Waals surface area contributed by atoms with Crippen molar-refractivity contribution in [3.05, 3.63) is 136 Å². The van der Waals surface area contributed by atoms with Crippen LogP contribution in [0.3, 0.4) is 0 Å². The molecular formula is C50H54ClN3O9. The summed E-state index contributed by atoms with van der Waals surface area (Å²) in [6.07, 6.45) is 0.295. The first-order valence-corrected chi connectivity index (χ1v) is 21.8. The zero-order valence-electron chi connectivity index (χ0n) is 36.1. The predicted molar refractivity (Wildman–Crippen MR) is 239 cm³/mol. The van der Waals surface area contributed by atoms with Gasteiger partial charge in [-0.15, -0.1) is 0 Å². The van der Waals surface area contributed by atoms with E-state index in [1.807, 2.05) is 87.5 Å². The van der Waals surface area contributed by atoms with E-state index in [-0.39, 0.29) is 67.4 Å². The first kappa shape index (κ1) is 45.1. The third-order valence-corrected chi connectivity index (χ3v) is 12.1. The van der Waals surface area contributed by atoms with Crippen LogP contribution in [0.15, 0.2) is 109 Å². The molecule has 3 N–H and O–H groups in total. The molecule has 0 aromatic heterocycles. The topological polar surface area (TPSA) is 162 Å². The number of fused-ring (bicyclic) bond motifs is 3. The molecule has 3 amide bonds. The Morgan fingerprint density at radius 1 is 0.889 bits per heavy atom. The average molecular weight is 876 g/mol. The predicted octanol–water partition coefficient (Wildman–Crippen LogP) is 8.48. The molecule has 0 radical (unpaired) electrons. The van der Waals surface area contributed by atoms with E-state index in [1.54, 1.807) is 38.1 Å². The van der Waals surface area contributed by atoms with Gasteiger partial charge in [-0.25, -0.2) is 9.59 Å². The van der Waals surface area contributed by atoms with Crippen LogP contribution in [0.4, 0.5) is 10.5 Å². The number of cyclic esters (lactones) is 2. The minimum Gasteiger partial charge on any atom is -0.459 e. The maximum Gasteiger partial charge on any atom is 0.411 e. The molecule has 0 saturated carbocycles. The second kappa shape index (κ2) is 19.6. The number of halogens is 1. The minimum atomic E-state index is -1.26. The molecule has 0 bridgehead atoms. The van der Waals surface area contributed by atoms with E-state index in [0.717, 1.165) is 27.8 Å². The van der Waals surface area contributed by atoms with Gasteiger partial charge in [0, 0.05) is 31.2 Å². The zero-order chi connectivity index (χ0) is 44.8. The summed E-state index contributed by atoms with van der Waals surface area (Å²) in [6.45, 7) is 8.94. The van der Waals surface area contributed by atoms with Crippen molar-refractivity contribution >= 4 is 47.1 Å². The van der Waals surface area contributed by atoms with Crippen LogP contribution in [0.2, 0.25) is 5.02 Å². The van der Waals surface area contributed by atoms with Crippen molar-refractivity contribution in [3.63, 3.8) is 0 Å². The summed E-state index contributed by atoms with van der Waals surface area (Å²) in [5, 5.41) is 8.50.